The summed E-state index contributed by atoms with van der Waals surface area (Å²) in [6, 6.07) is 2.45. The molecule has 2 aliphatic rings. The fourth-order valence-corrected chi connectivity index (χ4v) is 3.33. The van der Waals surface area contributed by atoms with Gasteiger partial charge in [0.2, 0.25) is 5.95 Å². The minimum Gasteiger partial charge on any atom is -0.350 e. The van der Waals surface area contributed by atoms with Crippen LogP contribution in [0.15, 0.2) is 12.4 Å². The molecule has 1 aromatic heterocycles. The van der Waals surface area contributed by atoms with Crippen LogP contribution in [-0.2, 0) is 0 Å². The first-order valence-corrected chi connectivity index (χ1v) is 8.25. The van der Waals surface area contributed by atoms with Gasteiger partial charge in [-0.1, -0.05) is 0 Å². The number of piperidine rings is 1. The Kier molecular flexibility index (Phi) is 5.20. The number of likely N-dealkylation sites (tertiary alicyclic amines) is 1. The second kappa shape index (κ2) is 7.52. The molecule has 1 aromatic rings. The molecule has 2 N–H and O–H groups in total. The molecule has 2 aliphatic heterocycles. The van der Waals surface area contributed by atoms with Gasteiger partial charge in [0.1, 0.15) is 6.07 Å². The first-order chi connectivity index (χ1) is 10.8. The Morgan fingerprint density at radius 3 is 2.77 bits per heavy atom. The molecule has 6 nitrogen and oxygen atoms in total. The first kappa shape index (κ1) is 15.2. The summed E-state index contributed by atoms with van der Waals surface area (Å²) in [6.07, 6.45) is 8.25. The number of nitrogens with one attached hydrogen (secondary N) is 2. The molecule has 0 bridgehead atoms. The molecule has 0 amide bonds. The van der Waals surface area contributed by atoms with Gasteiger partial charge in [0.05, 0.1) is 18.0 Å². The van der Waals surface area contributed by atoms with Crippen LogP contribution >= 0.6 is 0 Å². The summed E-state index contributed by atoms with van der Waals surface area (Å²) >= 11 is 0. The van der Waals surface area contributed by atoms with Crippen LogP contribution in [0.5, 0.6) is 0 Å². The van der Waals surface area contributed by atoms with Crippen molar-refractivity contribution in [3.05, 3.63) is 18.0 Å². The average Bonchev–Trinajstić information content (AvgIpc) is 3.02. The molecule has 2 saturated heterocycles. The van der Waals surface area contributed by atoms with Crippen LogP contribution < -0.4 is 10.6 Å². The molecule has 0 spiro atoms. The van der Waals surface area contributed by atoms with Crippen LogP contribution in [0.3, 0.4) is 0 Å². The monoisotopic (exact) mass is 300 g/mol. The van der Waals surface area contributed by atoms with E-state index in [2.05, 4.69) is 25.5 Å². The molecule has 6 heteroatoms. The smallest absolute Gasteiger partial charge is 0.222 e. The number of hydrogen-bond donors (Lipinski definition) is 2. The van der Waals surface area contributed by atoms with Gasteiger partial charge in [-0.2, -0.15) is 5.26 Å². The van der Waals surface area contributed by atoms with Crippen molar-refractivity contribution in [2.24, 2.45) is 5.92 Å². The maximum Gasteiger partial charge on any atom is 0.222 e. The van der Waals surface area contributed by atoms with E-state index in [-0.39, 0.29) is 0 Å². The van der Waals surface area contributed by atoms with E-state index in [9.17, 15) is 0 Å². The van der Waals surface area contributed by atoms with E-state index in [0.717, 1.165) is 25.4 Å². The molecule has 0 aliphatic carbocycles. The molecule has 0 aromatic carbocycles. The maximum atomic E-state index is 8.75. The largest absolute Gasteiger partial charge is 0.350 e. The van der Waals surface area contributed by atoms with E-state index < -0.39 is 0 Å². The van der Waals surface area contributed by atoms with Gasteiger partial charge in [-0.25, -0.2) is 9.97 Å². The van der Waals surface area contributed by atoms with Crippen LogP contribution in [0.4, 0.5) is 5.95 Å². The highest BCUT2D eigenvalue weighted by molar-refractivity contribution is 5.31. The molecule has 3 heterocycles. The molecular weight excluding hydrogens is 276 g/mol. The lowest BCUT2D eigenvalue weighted by Crippen LogP contribution is -2.32. The van der Waals surface area contributed by atoms with Crippen molar-refractivity contribution in [3.63, 3.8) is 0 Å². The molecule has 2 fully saturated rings. The van der Waals surface area contributed by atoms with Gasteiger partial charge in [-0.15, -0.1) is 0 Å². The van der Waals surface area contributed by atoms with Gasteiger partial charge < -0.3 is 15.5 Å². The molecule has 3 rings (SSSR count). The molecule has 0 saturated carbocycles. The van der Waals surface area contributed by atoms with Crippen molar-refractivity contribution in [3.8, 4) is 6.07 Å². The Labute approximate surface area is 131 Å². The number of anilines is 1. The summed E-state index contributed by atoms with van der Waals surface area (Å²) in [5, 5.41) is 15.6. The summed E-state index contributed by atoms with van der Waals surface area (Å²) < 4.78 is 0. The van der Waals surface area contributed by atoms with Crippen LogP contribution in [-0.4, -0.2) is 53.6 Å². The highest BCUT2D eigenvalue weighted by Crippen LogP contribution is 2.19. The second-order valence-corrected chi connectivity index (χ2v) is 6.32. The van der Waals surface area contributed by atoms with Crippen molar-refractivity contribution in [1.82, 2.24) is 20.2 Å². The SMILES string of the molecule is N#Cc1cnc(NC2CCN(CCC3CCNCC3)C2)nc1. The predicted molar refractivity (Wildman–Crippen MR) is 85.4 cm³/mol. The lowest BCUT2D eigenvalue weighted by Gasteiger charge is -2.25. The van der Waals surface area contributed by atoms with Gasteiger partial charge in [0, 0.05) is 19.1 Å². The highest BCUT2D eigenvalue weighted by Gasteiger charge is 2.23. The quantitative estimate of drug-likeness (QED) is 0.851. The minimum absolute atomic E-state index is 0.418. The average molecular weight is 300 g/mol. The first-order valence-electron chi connectivity index (χ1n) is 8.25. The predicted octanol–water partition coefficient (Wildman–Crippen LogP) is 1.22. The Morgan fingerprint density at radius 1 is 1.27 bits per heavy atom. The van der Waals surface area contributed by atoms with E-state index in [1.807, 2.05) is 6.07 Å². The van der Waals surface area contributed by atoms with Crippen molar-refractivity contribution < 1.29 is 0 Å². The van der Waals surface area contributed by atoms with Crippen molar-refractivity contribution in [1.29, 1.82) is 5.26 Å². The van der Waals surface area contributed by atoms with E-state index in [0.29, 0.717) is 17.6 Å². The van der Waals surface area contributed by atoms with Crippen LogP contribution in [0, 0.1) is 17.2 Å². The van der Waals surface area contributed by atoms with E-state index in [4.69, 9.17) is 5.26 Å². The Morgan fingerprint density at radius 2 is 2.05 bits per heavy atom. The van der Waals surface area contributed by atoms with Crippen molar-refractivity contribution >= 4 is 5.95 Å². The standard InChI is InChI=1S/C16H24N6/c17-9-14-10-19-16(20-11-14)21-15-4-8-22(12-15)7-3-13-1-5-18-6-2-13/h10-11,13,15,18H,1-8,12H2,(H,19,20,21). The number of hydrogen-bond acceptors (Lipinski definition) is 6. The molecule has 118 valence electrons. The Bertz CT molecular complexity index is 502. The lowest BCUT2D eigenvalue weighted by atomic mass is 9.94. The number of aromatic nitrogens is 2. The van der Waals surface area contributed by atoms with Crippen LogP contribution in [0.25, 0.3) is 0 Å². The van der Waals surface area contributed by atoms with E-state index in [1.54, 1.807) is 12.4 Å². The topological polar surface area (TPSA) is 76.9 Å². The Balaban J connectivity index is 1.40. The van der Waals surface area contributed by atoms with Crippen LogP contribution in [0.2, 0.25) is 0 Å². The number of nitriles is 1. The zero-order chi connectivity index (χ0) is 15.2. The van der Waals surface area contributed by atoms with Crippen molar-refractivity contribution in [2.75, 3.05) is 38.0 Å². The molecule has 1 unspecified atom stereocenters. The van der Waals surface area contributed by atoms with Gasteiger partial charge in [0.25, 0.3) is 0 Å². The number of rotatable bonds is 5. The van der Waals surface area contributed by atoms with E-state index >= 15 is 0 Å². The summed E-state index contributed by atoms with van der Waals surface area (Å²) in [7, 11) is 0. The van der Waals surface area contributed by atoms with Gasteiger partial charge in [-0.3, -0.25) is 0 Å². The minimum atomic E-state index is 0.418. The second-order valence-electron chi connectivity index (χ2n) is 6.32. The molecule has 0 radical (unpaired) electrons. The number of nitrogens with zero attached hydrogens (tertiary/aromatic N) is 4. The van der Waals surface area contributed by atoms with Gasteiger partial charge in [0.15, 0.2) is 0 Å². The van der Waals surface area contributed by atoms with Crippen molar-refractivity contribution in [2.45, 2.75) is 31.7 Å². The molecular formula is C16H24N6. The third-order valence-corrected chi connectivity index (χ3v) is 4.70. The maximum absolute atomic E-state index is 8.75. The fourth-order valence-electron chi connectivity index (χ4n) is 3.33. The third kappa shape index (κ3) is 4.15. The Hall–Kier alpha value is -1.71. The summed E-state index contributed by atoms with van der Waals surface area (Å²) in [6.45, 7) is 5.79. The third-order valence-electron chi connectivity index (χ3n) is 4.70. The zero-order valence-electron chi connectivity index (χ0n) is 13.0. The lowest BCUT2D eigenvalue weighted by molar-refractivity contribution is 0.271. The van der Waals surface area contributed by atoms with Gasteiger partial charge in [-0.05, 0) is 51.2 Å². The summed E-state index contributed by atoms with van der Waals surface area (Å²) in [5.41, 5.74) is 0.501. The fraction of sp³-hybridized carbons (Fsp3) is 0.688. The summed E-state index contributed by atoms with van der Waals surface area (Å²) in [4.78, 5) is 10.9. The normalized spacial score (nSPS) is 23.3. The highest BCUT2D eigenvalue weighted by atomic mass is 15.2. The van der Waals surface area contributed by atoms with E-state index in [1.165, 1.54) is 38.9 Å². The molecule has 1 atom stereocenters. The summed E-state index contributed by atoms with van der Waals surface area (Å²) in [5.74, 6) is 1.53. The zero-order valence-corrected chi connectivity index (χ0v) is 13.0. The van der Waals surface area contributed by atoms with Gasteiger partial charge >= 0.3 is 0 Å². The molecule has 22 heavy (non-hydrogen) atoms. The van der Waals surface area contributed by atoms with Crippen LogP contribution in [0.1, 0.15) is 31.2 Å².